The number of aliphatic carboxylic acids is 2. The molecule has 16 heavy (non-hydrogen) atoms. The Morgan fingerprint density at radius 2 is 1.19 bits per heavy atom. The molecule has 0 spiro atoms. The lowest BCUT2D eigenvalue weighted by Gasteiger charge is -1.94. The van der Waals surface area contributed by atoms with Crippen LogP contribution in [0, 0.1) is 5.92 Å². The van der Waals surface area contributed by atoms with Crippen molar-refractivity contribution in [1.29, 1.82) is 0 Å². The maximum Gasteiger partial charge on any atom is 0.317 e. The molecule has 0 amide bonds. The summed E-state index contributed by atoms with van der Waals surface area (Å²) >= 11 is 0. The molecular weight excluding hydrogens is 220 g/mol. The first-order valence-corrected chi connectivity index (χ1v) is 4.46. The summed E-state index contributed by atoms with van der Waals surface area (Å²) in [6.07, 6.45) is 0. The highest BCUT2D eigenvalue weighted by Crippen LogP contribution is 1.91. The van der Waals surface area contributed by atoms with Crippen molar-refractivity contribution in [3.63, 3.8) is 0 Å². The zero-order valence-electron chi connectivity index (χ0n) is 9.17. The van der Waals surface area contributed by atoms with Crippen LogP contribution in [0.15, 0.2) is 0 Å². The Balaban J connectivity index is -0.000000179. The Morgan fingerprint density at radius 3 is 1.19 bits per heavy atom. The lowest BCUT2D eigenvalue weighted by atomic mass is 10.2. The van der Waals surface area contributed by atoms with E-state index >= 15 is 0 Å². The van der Waals surface area contributed by atoms with Crippen molar-refractivity contribution in [2.75, 3.05) is 26.3 Å². The summed E-state index contributed by atoms with van der Waals surface area (Å²) in [6.45, 7) is 2.06. The molecule has 0 aromatic carbocycles. The van der Waals surface area contributed by atoms with Crippen LogP contribution in [0.5, 0.6) is 0 Å². The molecule has 0 radical (unpaired) electrons. The van der Waals surface area contributed by atoms with Crippen LogP contribution in [0.1, 0.15) is 6.92 Å². The Hall–Kier alpha value is -1.22. The number of aliphatic hydroxyl groups excluding tert-OH is 2. The standard InChI is InChI=1S/C4H6O4.2C2H7NO/c1-2(3(5)6)4(7)8;2*3-1-2-4/h2H,1H3,(H,5,6)(H,7,8);2*4H,1-3H2. The van der Waals surface area contributed by atoms with E-state index in [-0.39, 0.29) is 13.2 Å². The van der Waals surface area contributed by atoms with Crippen molar-refractivity contribution in [1.82, 2.24) is 0 Å². The molecule has 0 fully saturated rings. The first-order chi connectivity index (χ1) is 7.38. The van der Waals surface area contributed by atoms with Crippen LogP contribution in [0.3, 0.4) is 0 Å². The molecule has 0 saturated heterocycles. The molecule has 0 aliphatic heterocycles. The number of hydrogen-bond donors (Lipinski definition) is 6. The van der Waals surface area contributed by atoms with Crippen LogP contribution in [-0.2, 0) is 9.59 Å². The number of rotatable bonds is 4. The number of carbonyl (C=O) groups is 2. The SMILES string of the molecule is CC(C(=O)O)C(=O)O.NCCO.NCCO. The van der Waals surface area contributed by atoms with Gasteiger partial charge in [0.2, 0.25) is 0 Å². The van der Waals surface area contributed by atoms with E-state index in [0.717, 1.165) is 6.92 Å². The van der Waals surface area contributed by atoms with Crippen LogP contribution in [-0.4, -0.2) is 58.7 Å². The number of carboxylic acid groups (broad SMARTS) is 2. The highest BCUT2D eigenvalue weighted by molar-refractivity contribution is 5.92. The van der Waals surface area contributed by atoms with Crippen molar-refractivity contribution >= 4 is 11.9 Å². The topological polar surface area (TPSA) is 167 Å². The summed E-state index contributed by atoms with van der Waals surface area (Å²) in [7, 11) is 0. The molecule has 0 atom stereocenters. The largest absolute Gasteiger partial charge is 0.481 e. The predicted molar refractivity (Wildman–Crippen MR) is 56.7 cm³/mol. The van der Waals surface area contributed by atoms with Gasteiger partial charge in [0, 0.05) is 13.1 Å². The molecule has 0 unspecified atom stereocenters. The van der Waals surface area contributed by atoms with Crippen molar-refractivity contribution < 1.29 is 30.0 Å². The van der Waals surface area contributed by atoms with Gasteiger partial charge < -0.3 is 31.9 Å². The fraction of sp³-hybridized carbons (Fsp3) is 0.750. The van der Waals surface area contributed by atoms with Crippen LogP contribution < -0.4 is 11.5 Å². The Kier molecular flexibility index (Phi) is 20.5. The fourth-order valence-electron chi connectivity index (χ4n) is 0.106. The van der Waals surface area contributed by atoms with Crippen molar-refractivity contribution in [3.05, 3.63) is 0 Å². The molecule has 0 aliphatic carbocycles. The van der Waals surface area contributed by atoms with E-state index in [1.54, 1.807) is 0 Å². The number of hydrogen-bond acceptors (Lipinski definition) is 6. The minimum Gasteiger partial charge on any atom is -0.481 e. The lowest BCUT2D eigenvalue weighted by Crippen LogP contribution is -2.19. The summed E-state index contributed by atoms with van der Waals surface area (Å²) in [5.41, 5.74) is 9.56. The number of aliphatic hydroxyl groups is 2. The molecule has 8 heteroatoms. The Bertz CT molecular complexity index is 154. The van der Waals surface area contributed by atoms with E-state index in [1.807, 2.05) is 0 Å². The summed E-state index contributed by atoms with van der Waals surface area (Å²) in [6, 6.07) is 0. The molecule has 0 saturated carbocycles. The van der Waals surface area contributed by atoms with Gasteiger partial charge in [0.15, 0.2) is 5.92 Å². The first-order valence-electron chi connectivity index (χ1n) is 4.46. The van der Waals surface area contributed by atoms with Crippen molar-refractivity contribution in [2.45, 2.75) is 6.92 Å². The summed E-state index contributed by atoms with van der Waals surface area (Å²) in [5.74, 6) is -3.91. The van der Waals surface area contributed by atoms with Gasteiger partial charge in [-0.15, -0.1) is 0 Å². The normalized spacial score (nSPS) is 8.38. The summed E-state index contributed by atoms with van der Waals surface area (Å²) < 4.78 is 0. The lowest BCUT2D eigenvalue weighted by molar-refractivity contribution is -0.153. The molecule has 8 nitrogen and oxygen atoms in total. The van der Waals surface area contributed by atoms with E-state index in [9.17, 15) is 9.59 Å². The highest BCUT2D eigenvalue weighted by Gasteiger charge is 2.18. The van der Waals surface area contributed by atoms with Gasteiger partial charge in [-0.3, -0.25) is 9.59 Å². The number of nitrogens with two attached hydrogens (primary N) is 2. The predicted octanol–water partition coefficient (Wildman–Crippen LogP) is -2.33. The monoisotopic (exact) mass is 240 g/mol. The van der Waals surface area contributed by atoms with Gasteiger partial charge in [0.1, 0.15) is 0 Å². The highest BCUT2D eigenvalue weighted by atomic mass is 16.4. The van der Waals surface area contributed by atoms with Gasteiger partial charge >= 0.3 is 11.9 Å². The maximum absolute atomic E-state index is 9.76. The van der Waals surface area contributed by atoms with E-state index in [2.05, 4.69) is 0 Å². The molecule has 0 aromatic rings. The fourth-order valence-corrected chi connectivity index (χ4v) is 0.106. The average molecular weight is 240 g/mol. The summed E-state index contributed by atoms with van der Waals surface area (Å²) in [4.78, 5) is 19.5. The van der Waals surface area contributed by atoms with E-state index in [4.69, 9.17) is 31.9 Å². The van der Waals surface area contributed by atoms with Gasteiger partial charge in [-0.05, 0) is 6.92 Å². The second-order valence-corrected chi connectivity index (χ2v) is 2.42. The Labute approximate surface area is 93.5 Å². The third-order valence-electron chi connectivity index (χ3n) is 0.999. The molecule has 0 bridgehead atoms. The Morgan fingerprint density at radius 1 is 1.00 bits per heavy atom. The summed E-state index contributed by atoms with van der Waals surface area (Å²) in [5, 5.41) is 31.4. The minimum absolute atomic E-state index is 0.0972. The van der Waals surface area contributed by atoms with Gasteiger partial charge in [0.25, 0.3) is 0 Å². The average Bonchev–Trinajstić information content (AvgIpc) is 2.28. The number of carboxylic acids is 2. The van der Waals surface area contributed by atoms with Crippen LogP contribution in [0.2, 0.25) is 0 Å². The third kappa shape index (κ3) is 23.0. The second kappa shape index (κ2) is 16.2. The first kappa shape index (κ1) is 20.2. The van der Waals surface area contributed by atoms with Gasteiger partial charge in [-0.25, -0.2) is 0 Å². The smallest absolute Gasteiger partial charge is 0.317 e. The molecule has 0 aliphatic rings. The van der Waals surface area contributed by atoms with E-state index < -0.39 is 17.9 Å². The van der Waals surface area contributed by atoms with Crippen LogP contribution in [0.25, 0.3) is 0 Å². The maximum atomic E-state index is 9.76. The van der Waals surface area contributed by atoms with Crippen LogP contribution >= 0.6 is 0 Å². The molecule has 98 valence electrons. The second-order valence-electron chi connectivity index (χ2n) is 2.42. The van der Waals surface area contributed by atoms with Gasteiger partial charge in [0.05, 0.1) is 13.2 Å². The van der Waals surface area contributed by atoms with Gasteiger partial charge in [-0.2, -0.15) is 0 Å². The molecule has 8 N–H and O–H groups in total. The quantitative estimate of drug-likeness (QED) is 0.297. The van der Waals surface area contributed by atoms with Crippen molar-refractivity contribution in [2.24, 2.45) is 17.4 Å². The zero-order valence-corrected chi connectivity index (χ0v) is 9.17. The molecular formula is C8H20N2O6. The molecule has 0 rings (SSSR count). The van der Waals surface area contributed by atoms with E-state index in [1.165, 1.54) is 0 Å². The third-order valence-corrected chi connectivity index (χ3v) is 0.999. The zero-order chi connectivity index (χ0) is 13.6. The molecule has 0 aromatic heterocycles. The van der Waals surface area contributed by atoms with E-state index in [0.29, 0.717) is 13.1 Å². The van der Waals surface area contributed by atoms with Crippen molar-refractivity contribution in [3.8, 4) is 0 Å². The van der Waals surface area contributed by atoms with Gasteiger partial charge in [-0.1, -0.05) is 0 Å². The van der Waals surface area contributed by atoms with Crippen LogP contribution in [0.4, 0.5) is 0 Å². The molecule has 0 heterocycles. The minimum atomic E-state index is -1.31.